The van der Waals surface area contributed by atoms with Crippen LogP contribution in [-0.4, -0.2) is 33.9 Å². The molecular weight excluding hydrogens is 388 g/mol. The Morgan fingerprint density at radius 3 is 2.76 bits per heavy atom. The van der Waals surface area contributed by atoms with Crippen LogP contribution in [0.15, 0.2) is 72.1 Å². The number of hydrazone groups is 1. The van der Waals surface area contributed by atoms with Gasteiger partial charge in [0.2, 0.25) is 0 Å². The lowest BCUT2D eigenvalue weighted by atomic mass is 10.2. The fourth-order valence-corrected chi connectivity index (χ4v) is 3.71. The number of benzene rings is 2. The number of aromatic nitrogens is 2. The highest BCUT2D eigenvalue weighted by Gasteiger charge is 2.10. The van der Waals surface area contributed by atoms with Crippen molar-refractivity contribution in [1.82, 2.24) is 9.97 Å². The third-order valence-corrected chi connectivity index (χ3v) is 5.12. The minimum Gasteiger partial charge on any atom is -0.481 e. The van der Waals surface area contributed by atoms with Gasteiger partial charge in [-0.1, -0.05) is 42.5 Å². The maximum Gasteiger partial charge on any atom is 0.341 e. The van der Waals surface area contributed by atoms with Gasteiger partial charge in [0, 0.05) is 10.4 Å². The molecule has 2 N–H and O–H groups in total. The quantitative estimate of drug-likeness (QED) is 0.353. The second-order valence-corrected chi connectivity index (χ2v) is 7.04. The number of fused-ring (bicyclic) bond motifs is 1. The lowest BCUT2D eigenvalue weighted by Crippen LogP contribution is -2.10. The van der Waals surface area contributed by atoms with Crippen molar-refractivity contribution in [3.05, 3.63) is 72.6 Å². The highest BCUT2D eigenvalue weighted by atomic mass is 32.1. The van der Waals surface area contributed by atoms with Crippen LogP contribution in [0.1, 0.15) is 5.56 Å². The Hall–Kier alpha value is -3.78. The lowest BCUT2D eigenvalue weighted by molar-refractivity contribution is -0.139. The van der Waals surface area contributed by atoms with Crippen molar-refractivity contribution in [2.75, 3.05) is 12.0 Å². The van der Waals surface area contributed by atoms with Gasteiger partial charge in [-0.05, 0) is 23.8 Å². The lowest BCUT2D eigenvalue weighted by Gasteiger charge is -2.06. The minimum atomic E-state index is -1.04. The average molecular weight is 404 g/mol. The van der Waals surface area contributed by atoms with E-state index < -0.39 is 12.6 Å². The molecule has 29 heavy (non-hydrogen) atoms. The maximum atomic E-state index is 10.7. The molecule has 0 aliphatic heterocycles. The first-order chi connectivity index (χ1) is 14.2. The minimum absolute atomic E-state index is 0.415. The standard InChI is InChI=1S/C21H16N4O3S/c26-19(27)12-28-17-9-5-4-8-15(17)11-24-25-20-16-10-18(14-6-2-1-3-7-14)29-21(16)23-13-22-20/h1-11,13H,12H2,(H,26,27)(H,22,23,25)/b24-11-. The van der Waals surface area contributed by atoms with Gasteiger partial charge < -0.3 is 9.84 Å². The zero-order chi connectivity index (χ0) is 20.1. The Balaban J connectivity index is 1.56. The molecule has 0 saturated heterocycles. The highest BCUT2D eigenvalue weighted by molar-refractivity contribution is 7.21. The molecule has 0 fully saturated rings. The Morgan fingerprint density at radius 1 is 1.14 bits per heavy atom. The smallest absolute Gasteiger partial charge is 0.341 e. The second kappa shape index (κ2) is 8.49. The topological polar surface area (TPSA) is 96.7 Å². The first kappa shape index (κ1) is 18.6. The van der Waals surface area contributed by atoms with Crippen LogP contribution < -0.4 is 10.2 Å². The highest BCUT2D eigenvalue weighted by Crippen LogP contribution is 2.34. The Morgan fingerprint density at radius 2 is 1.93 bits per heavy atom. The SMILES string of the molecule is O=C(O)COc1ccccc1/C=N\Nc1ncnc2sc(-c3ccccc3)cc12. The van der Waals surface area contributed by atoms with Gasteiger partial charge in [-0.2, -0.15) is 5.10 Å². The van der Waals surface area contributed by atoms with E-state index in [1.54, 1.807) is 35.8 Å². The molecule has 0 bridgehead atoms. The maximum absolute atomic E-state index is 10.7. The fraction of sp³-hybridized carbons (Fsp3) is 0.0476. The van der Waals surface area contributed by atoms with E-state index in [9.17, 15) is 4.79 Å². The van der Waals surface area contributed by atoms with E-state index in [2.05, 4.69) is 32.6 Å². The molecule has 144 valence electrons. The van der Waals surface area contributed by atoms with Crippen LogP contribution in [0.2, 0.25) is 0 Å². The number of aliphatic carboxylic acids is 1. The predicted molar refractivity (Wildman–Crippen MR) is 114 cm³/mol. The van der Waals surface area contributed by atoms with Crippen molar-refractivity contribution < 1.29 is 14.6 Å². The van der Waals surface area contributed by atoms with Crippen LogP contribution in [0.3, 0.4) is 0 Å². The molecular formula is C21H16N4O3S. The number of carbonyl (C=O) groups is 1. The number of nitrogens with zero attached hydrogens (tertiary/aromatic N) is 3. The number of nitrogens with one attached hydrogen (secondary N) is 1. The third-order valence-electron chi connectivity index (χ3n) is 4.03. The van der Waals surface area contributed by atoms with Crippen molar-refractivity contribution in [3.8, 4) is 16.2 Å². The molecule has 0 saturated carbocycles. The number of hydrogen-bond acceptors (Lipinski definition) is 7. The molecule has 7 nitrogen and oxygen atoms in total. The van der Waals surface area contributed by atoms with Gasteiger partial charge in [-0.3, -0.25) is 5.43 Å². The zero-order valence-corrected chi connectivity index (χ0v) is 16.0. The van der Waals surface area contributed by atoms with E-state index in [1.807, 2.05) is 30.3 Å². The zero-order valence-electron chi connectivity index (χ0n) is 15.1. The van der Waals surface area contributed by atoms with E-state index in [-0.39, 0.29) is 0 Å². The van der Waals surface area contributed by atoms with Crippen LogP contribution >= 0.6 is 11.3 Å². The molecule has 2 aromatic heterocycles. The number of para-hydroxylation sites is 1. The molecule has 0 aliphatic rings. The van der Waals surface area contributed by atoms with Crippen LogP contribution in [0, 0.1) is 0 Å². The summed E-state index contributed by atoms with van der Waals surface area (Å²) in [5.41, 5.74) is 4.72. The Kier molecular flexibility index (Phi) is 5.44. The number of anilines is 1. The van der Waals surface area contributed by atoms with E-state index in [1.165, 1.54) is 6.33 Å². The Labute approximate surface area is 170 Å². The van der Waals surface area contributed by atoms with Gasteiger partial charge in [0.05, 0.1) is 11.6 Å². The summed E-state index contributed by atoms with van der Waals surface area (Å²) in [6, 6.07) is 19.2. The normalized spacial score (nSPS) is 11.0. The van der Waals surface area contributed by atoms with Crippen molar-refractivity contribution >= 4 is 39.6 Å². The van der Waals surface area contributed by atoms with Gasteiger partial charge >= 0.3 is 5.97 Å². The molecule has 0 unspecified atom stereocenters. The van der Waals surface area contributed by atoms with E-state index in [0.717, 1.165) is 20.7 Å². The summed E-state index contributed by atoms with van der Waals surface area (Å²) in [5, 5.41) is 13.9. The molecule has 0 amide bonds. The molecule has 0 aliphatic carbocycles. The first-order valence-electron chi connectivity index (χ1n) is 8.73. The molecule has 0 radical (unpaired) electrons. The van der Waals surface area contributed by atoms with Gasteiger partial charge in [0.15, 0.2) is 12.4 Å². The number of rotatable bonds is 7. The third kappa shape index (κ3) is 4.39. The number of carboxylic acid groups (broad SMARTS) is 1. The summed E-state index contributed by atoms with van der Waals surface area (Å²) in [4.78, 5) is 21.3. The predicted octanol–water partition coefficient (Wildman–Crippen LogP) is 4.27. The summed E-state index contributed by atoms with van der Waals surface area (Å²) in [6.45, 7) is -0.415. The van der Waals surface area contributed by atoms with Crippen molar-refractivity contribution in [2.24, 2.45) is 5.10 Å². The summed E-state index contributed by atoms with van der Waals surface area (Å²) < 4.78 is 5.28. The molecule has 8 heteroatoms. The van der Waals surface area contributed by atoms with Crippen molar-refractivity contribution in [2.45, 2.75) is 0 Å². The van der Waals surface area contributed by atoms with E-state index in [4.69, 9.17) is 9.84 Å². The van der Waals surface area contributed by atoms with Gasteiger partial charge in [-0.15, -0.1) is 11.3 Å². The van der Waals surface area contributed by atoms with Crippen molar-refractivity contribution in [1.29, 1.82) is 0 Å². The average Bonchev–Trinajstić information content (AvgIpc) is 3.19. The van der Waals surface area contributed by atoms with Gasteiger partial charge in [0.25, 0.3) is 0 Å². The molecule has 4 aromatic rings. The van der Waals surface area contributed by atoms with Gasteiger partial charge in [0.1, 0.15) is 16.9 Å². The molecule has 0 atom stereocenters. The fourth-order valence-electron chi connectivity index (χ4n) is 2.71. The summed E-state index contributed by atoms with van der Waals surface area (Å²) in [7, 11) is 0. The first-order valence-corrected chi connectivity index (χ1v) is 9.55. The second-order valence-electron chi connectivity index (χ2n) is 6.01. The molecule has 0 spiro atoms. The summed E-state index contributed by atoms with van der Waals surface area (Å²) in [5.74, 6) is -0.00581. The number of thiophene rings is 1. The monoisotopic (exact) mass is 404 g/mol. The molecule has 2 aromatic carbocycles. The number of hydrogen-bond donors (Lipinski definition) is 2. The largest absolute Gasteiger partial charge is 0.481 e. The number of ether oxygens (including phenoxy) is 1. The Bertz CT molecular complexity index is 1170. The van der Waals surface area contributed by atoms with Crippen LogP contribution in [0.25, 0.3) is 20.7 Å². The molecule has 4 rings (SSSR count). The van der Waals surface area contributed by atoms with Gasteiger partial charge in [-0.25, -0.2) is 14.8 Å². The van der Waals surface area contributed by atoms with E-state index >= 15 is 0 Å². The summed E-state index contributed by atoms with van der Waals surface area (Å²) in [6.07, 6.45) is 3.06. The van der Waals surface area contributed by atoms with Crippen LogP contribution in [0.4, 0.5) is 5.82 Å². The molecule has 2 heterocycles. The van der Waals surface area contributed by atoms with Crippen LogP contribution in [-0.2, 0) is 4.79 Å². The summed E-state index contributed by atoms with van der Waals surface area (Å²) >= 11 is 1.59. The van der Waals surface area contributed by atoms with Crippen molar-refractivity contribution in [3.63, 3.8) is 0 Å². The number of carboxylic acids is 1. The van der Waals surface area contributed by atoms with E-state index in [0.29, 0.717) is 17.1 Å². The van der Waals surface area contributed by atoms with Crippen LogP contribution in [0.5, 0.6) is 5.75 Å².